The molecular formula is C27H23Cl2N3O4. The van der Waals surface area contributed by atoms with E-state index >= 15 is 0 Å². The third-order valence-corrected chi connectivity index (χ3v) is 8.49. The van der Waals surface area contributed by atoms with E-state index in [1.54, 1.807) is 12.1 Å². The molecular weight excluding hydrogens is 501 g/mol. The van der Waals surface area contributed by atoms with Crippen LogP contribution in [0.2, 0.25) is 10.0 Å². The number of para-hydroxylation sites is 1. The van der Waals surface area contributed by atoms with Crippen molar-refractivity contribution in [1.29, 1.82) is 0 Å². The molecule has 1 amide bonds. The highest BCUT2D eigenvalue weighted by molar-refractivity contribution is 6.42. The van der Waals surface area contributed by atoms with Crippen molar-refractivity contribution < 1.29 is 14.5 Å². The Morgan fingerprint density at radius 2 is 1.86 bits per heavy atom. The lowest BCUT2D eigenvalue weighted by Gasteiger charge is -2.32. The van der Waals surface area contributed by atoms with Crippen LogP contribution in [0.15, 0.2) is 66.7 Å². The van der Waals surface area contributed by atoms with Crippen molar-refractivity contribution in [1.82, 2.24) is 4.90 Å². The molecule has 3 heterocycles. The Morgan fingerprint density at radius 1 is 1.08 bits per heavy atom. The largest absolute Gasteiger partial charge is 0.489 e. The summed E-state index contributed by atoms with van der Waals surface area (Å²) < 4.78 is 5.91. The predicted molar refractivity (Wildman–Crippen MR) is 137 cm³/mol. The summed E-state index contributed by atoms with van der Waals surface area (Å²) in [6, 6.07) is 18.9. The second-order valence-corrected chi connectivity index (χ2v) is 10.3. The van der Waals surface area contributed by atoms with Gasteiger partial charge < -0.3 is 10.1 Å². The lowest BCUT2D eigenvalue weighted by atomic mass is 9.77. The summed E-state index contributed by atoms with van der Waals surface area (Å²) in [5.74, 6) is -0.0904. The number of nitrogens with zero attached hydrogens (tertiary/aromatic N) is 2. The Hall–Kier alpha value is -3.13. The van der Waals surface area contributed by atoms with Gasteiger partial charge in [0.1, 0.15) is 12.4 Å². The number of fused-ring (bicyclic) bond motifs is 4. The minimum Gasteiger partial charge on any atom is -0.489 e. The van der Waals surface area contributed by atoms with Gasteiger partial charge in [-0.3, -0.25) is 19.8 Å². The molecule has 36 heavy (non-hydrogen) atoms. The van der Waals surface area contributed by atoms with Crippen molar-refractivity contribution in [2.75, 3.05) is 11.9 Å². The molecule has 0 bridgehead atoms. The fourth-order valence-electron chi connectivity index (χ4n) is 6.36. The highest BCUT2D eigenvalue weighted by atomic mass is 35.5. The number of nitrogens with one attached hydrogen (secondary N) is 1. The number of carbonyl (C=O) groups excluding carboxylic acids is 1. The molecule has 6 rings (SSSR count). The molecule has 2 saturated heterocycles. The second kappa shape index (κ2) is 8.76. The number of hydrogen-bond acceptors (Lipinski definition) is 5. The van der Waals surface area contributed by atoms with Gasteiger partial charge in [0.05, 0.1) is 16.0 Å². The first-order valence-electron chi connectivity index (χ1n) is 11.9. The second-order valence-electron chi connectivity index (χ2n) is 9.53. The number of hydrogen-bond donors (Lipinski definition) is 1. The zero-order chi connectivity index (χ0) is 25.0. The number of carbonyl (C=O) groups is 1. The average Bonchev–Trinajstić information content (AvgIpc) is 3.53. The molecule has 2 fully saturated rings. The van der Waals surface area contributed by atoms with Crippen molar-refractivity contribution in [3.8, 4) is 5.75 Å². The van der Waals surface area contributed by atoms with Crippen LogP contribution in [0.4, 0.5) is 5.69 Å². The molecule has 1 spiro atoms. The third-order valence-electron chi connectivity index (χ3n) is 7.75. The number of benzene rings is 3. The van der Waals surface area contributed by atoms with Crippen LogP contribution in [0.1, 0.15) is 35.4 Å². The van der Waals surface area contributed by atoms with Crippen molar-refractivity contribution in [3.05, 3.63) is 104 Å². The molecule has 3 aromatic carbocycles. The molecule has 0 radical (unpaired) electrons. The molecule has 184 valence electrons. The van der Waals surface area contributed by atoms with E-state index in [2.05, 4.69) is 10.2 Å². The molecule has 3 aromatic rings. The zero-order valence-electron chi connectivity index (χ0n) is 19.2. The van der Waals surface area contributed by atoms with E-state index in [4.69, 9.17) is 27.9 Å². The topological polar surface area (TPSA) is 84.7 Å². The van der Waals surface area contributed by atoms with Gasteiger partial charge in [-0.2, -0.15) is 0 Å². The van der Waals surface area contributed by atoms with Gasteiger partial charge in [-0.25, -0.2) is 0 Å². The SMILES string of the molecule is O=C1Nc2ccccc2[C@]12[C@H]([N+](=O)[O-])[C@@H](c1ccc(OCc3ccc(Cl)c(Cl)c3)cc1)[C@@H]1CCCN12. The highest BCUT2D eigenvalue weighted by Crippen LogP contribution is 2.58. The van der Waals surface area contributed by atoms with Gasteiger partial charge in [0.2, 0.25) is 0 Å². The summed E-state index contributed by atoms with van der Waals surface area (Å²) >= 11 is 12.1. The molecule has 7 nitrogen and oxygen atoms in total. The van der Waals surface area contributed by atoms with E-state index in [-0.39, 0.29) is 16.9 Å². The molecule has 0 aliphatic carbocycles. The monoisotopic (exact) mass is 523 g/mol. The Labute approximate surface area is 218 Å². The molecule has 3 aliphatic rings. The fourth-order valence-corrected chi connectivity index (χ4v) is 6.68. The van der Waals surface area contributed by atoms with E-state index < -0.39 is 17.5 Å². The summed E-state index contributed by atoms with van der Waals surface area (Å²) in [6.45, 7) is 0.964. The minimum absolute atomic E-state index is 0.0970. The van der Waals surface area contributed by atoms with Crippen LogP contribution in [0.25, 0.3) is 0 Å². The van der Waals surface area contributed by atoms with Crippen molar-refractivity contribution in [2.24, 2.45) is 0 Å². The summed E-state index contributed by atoms with van der Waals surface area (Å²) in [5.41, 5.74) is 1.77. The van der Waals surface area contributed by atoms with Crippen molar-refractivity contribution in [3.63, 3.8) is 0 Å². The lowest BCUT2D eigenvalue weighted by molar-refractivity contribution is -0.534. The van der Waals surface area contributed by atoms with Crippen LogP contribution in [0, 0.1) is 10.1 Å². The van der Waals surface area contributed by atoms with Gasteiger partial charge in [0, 0.05) is 28.8 Å². The summed E-state index contributed by atoms with van der Waals surface area (Å²) in [5, 5.41) is 16.5. The standard InChI is InChI=1S/C27H23Cl2N3O4/c28-20-12-7-16(14-21(20)29)15-36-18-10-8-17(9-11-18)24-23-6-3-13-31(23)27(25(24)32(34)35)19-4-1-2-5-22(19)30-26(27)33/h1-2,4-5,7-12,14,23-25H,3,6,13,15H2,(H,30,33)/t23-,24-,25+,27-/m0/s1. The lowest BCUT2D eigenvalue weighted by Crippen LogP contribution is -2.55. The normalized spacial score (nSPS) is 26.6. The van der Waals surface area contributed by atoms with Gasteiger partial charge in [0.15, 0.2) is 5.54 Å². The molecule has 0 saturated carbocycles. The van der Waals surface area contributed by atoms with E-state index in [1.165, 1.54) is 0 Å². The van der Waals surface area contributed by atoms with Crippen LogP contribution in [0.5, 0.6) is 5.75 Å². The Kier molecular flexibility index (Phi) is 5.67. The smallest absolute Gasteiger partial charge is 0.256 e. The van der Waals surface area contributed by atoms with Crippen LogP contribution < -0.4 is 10.1 Å². The molecule has 0 unspecified atom stereocenters. The zero-order valence-corrected chi connectivity index (χ0v) is 20.7. The van der Waals surface area contributed by atoms with Gasteiger partial charge in [-0.15, -0.1) is 0 Å². The Morgan fingerprint density at radius 3 is 2.61 bits per heavy atom. The fraction of sp³-hybridized carbons (Fsp3) is 0.296. The minimum atomic E-state index is -1.31. The maximum Gasteiger partial charge on any atom is 0.256 e. The Balaban J connectivity index is 1.33. The Bertz CT molecular complexity index is 1370. The van der Waals surface area contributed by atoms with Crippen molar-refractivity contribution in [2.45, 2.75) is 43.0 Å². The third kappa shape index (κ3) is 3.41. The van der Waals surface area contributed by atoms with Crippen LogP contribution >= 0.6 is 23.2 Å². The van der Waals surface area contributed by atoms with Gasteiger partial charge >= 0.3 is 0 Å². The summed E-state index contributed by atoms with van der Waals surface area (Å²) in [7, 11) is 0. The van der Waals surface area contributed by atoms with E-state index in [0.717, 1.165) is 24.0 Å². The first kappa shape index (κ1) is 23.3. The number of halogens is 2. The van der Waals surface area contributed by atoms with Gasteiger partial charge in [-0.1, -0.05) is 59.6 Å². The average molecular weight is 524 g/mol. The van der Waals surface area contributed by atoms with Crippen molar-refractivity contribution >= 4 is 34.8 Å². The predicted octanol–water partition coefficient (Wildman–Crippen LogP) is 5.63. The molecule has 0 aromatic heterocycles. The van der Waals surface area contributed by atoms with Gasteiger partial charge in [0.25, 0.3) is 11.9 Å². The highest BCUT2D eigenvalue weighted by Gasteiger charge is 2.73. The van der Waals surface area contributed by atoms with E-state index in [9.17, 15) is 14.9 Å². The summed E-state index contributed by atoms with van der Waals surface area (Å²) in [6.07, 6.45) is 1.70. The summed E-state index contributed by atoms with van der Waals surface area (Å²) in [4.78, 5) is 28.0. The maximum absolute atomic E-state index is 13.5. The quantitative estimate of drug-likeness (QED) is 0.346. The van der Waals surface area contributed by atoms with Crippen LogP contribution in [-0.2, 0) is 16.9 Å². The first-order chi connectivity index (χ1) is 17.4. The first-order valence-corrected chi connectivity index (χ1v) is 12.6. The van der Waals surface area contributed by atoms with Crippen LogP contribution in [0.3, 0.4) is 0 Å². The van der Waals surface area contributed by atoms with Crippen LogP contribution in [-0.4, -0.2) is 34.4 Å². The number of amides is 1. The van der Waals surface area contributed by atoms with Gasteiger partial charge in [-0.05, 0) is 54.3 Å². The number of nitro groups is 1. The molecule has 1 N–H and O–H groups in total. The molecule has 4 atom stereocenters. The molecule has 3 aliphatic heterocycles. The van der Waals surface area contributed by atoms with E-state index in [0.29, 0.717) is 40.2 Å². The maximum atomic E-state index is 13.5. The number of rotatable bonds is 5. The number of anilines is 1. The molecule has 9 heteroatoms. The number of ether oxygens (including phenoxy) is 1. The van der Waals surface area contributed by atoms with E-state index in [1.807, 2.05) is 54.6 Å².